The van der Waals surface area contributed by atoms with Crippen molar-refractivity contribution in [2.45, 2.75) is 13.5 Å². The molecule has 4 nitrogen and oxygen atoms in total. The lowest BCUT2D eigenvalue weighted by Crippen LogP contribution is -2.01. The van der Waals surface area contributed by atoms with E-state index in [4.69, 9.17) is 5.11 Å². The zero-order valence-corrected chi connectivity index (χ0v) is 11.4. The molecule has 0 aliphatic heterocycles. The molecule has 1 N–H and O–H groups in total. The number of fused-ring (bicyclic) bond motifs is 1. The van der Waals surface area contributed by atoms with Crippen molar-refractivity contribution in [2.75, 3.05) is 0 Å². The molecule has 3 aromatic rings. The molecule has 2 heterocycles. The lowest BCUT2D eigenvalue weighted by atomic mass is 10.2. The molecular weight excluding hydrogens is 279 g/mol. The molecule has 1 aromatic carbocycles. The van der Waals surface area contributed by atoms with Crippen molar-refractivity contribution in [2.24, 2.45) is 0 Å². The Morgan fingerprint density at radius 2 is 2.10 bits per heavy atom. The van der Waals surface area contributed by atoms with Crippen LogP contribution in [0.15, 0.2) is 30.3 Å². The van der Waals surface area contributed by atoms with E-state index in [0.29, 0.717) is 11.4 Å². The Morgan fingerprint density at radius 1 is 1.40 bits per heavy atom. The smallest absolute Gasteiger partial charge is 0.345 e. The van der Waals surface area contributed by atoms with Crippen molar-refractivity contribution >= 4 is 27.5 Å². The van der Waals surface area contributed by atoms with Crippen molar-refractivity contribution < 1.29 is 14.3 Å². The van der Waals surface area contributed by atoms with E-state index < -0.39 is 5.97 Å². The van der Waals surface area contributed by atoms with Crippen LogP contribution in [0.25, 0.3) is 10.2 Å². The normalized spacial score (nSPS) is 11.1. The summed E-state index contributed by atoms with van der Waals surface area (Å²) in [4.78, 5) is 12.1. The van der Waals surface area contributed by atoms with Gasteiger partial charge in [0.1, 0.15) is 15.5 Å². The van der Waals surface area contributed by atoms with Crippen molar-refractivity contribution in [3.63, 3.8) is 0 Å². The number of carboxylic acids is 1. The summed E-state index contributed by atoms with van der Waals surface area (Å²) in [6.07, 6.45) is 0. The largest absolute Gasteiger partial charge is 0.477 e. The van der Waals surface area contributed by atoms with Crippen molar-refractivity contribution in [3.8, 4) is 0 Å². The van der Waals surface area contributed by atoms with Gasteiger partial charge in [0.25, 0.3) is 0 Å². The lowest BCUT2D eigenvalue weighted by molar-refractivity contribution is 0.0702. The van der Waals surface area contributed by atoms with Crippen LogP contribution in [-0.2, 0) is 6.54 Å². The minimum Gasteiger partial charge on any atom is -0.477 e. The Kier molecular flexibility index (Phi) is 3.02. The van der Waals surface area contributed by atoms with Crippen LogP contribution < -0.4 is 0 Å². The number of aryl methyl sites for hydroxylation is 1. The number of benzene rings is 1. The molecule has 102 valence electrons. The SMILES string of the molecule is Cc1nn(Cc2ccc(F)cc2)c2sc(C(=O)O)cc12. The molecule has 3 rings (SSSR count). The lowest BCUT2D eigenvalue weighted by Gasteiger charge is -2.02. The van der Waals surface area contributed by atoms with Gasteiger partial charge in [-0.1, -0.05) is 12.1 Å². The quantitative estimate of drug-likeness (QED) is 0.805. The molecular formula is C14H11FN2O2S. The number of aromatic nitrogens is 2. The van der Waals surface area contributed by atoms with Crippen LogP contribution in [0, 0.1) is 12.7 Å². The summed E-state index contributed by atoms with van der Waals surface area (Å²) >= 11 is 1.20. The van der Waals surface area contributed by atoms with Gasteiger partial charge in [-0.25, -0.2) is 9.18 Å². The Hall–Kier alpha value is -2.21. The highest BCUT2D eigenvalue weighted by Gasteiger charge is 2.15. The first-order chi connectivity index (χ1) is 9.54. The van der Waals surface area contributed by atoms with Gasteiger partial charge in [-0.3, -0.25) is 4.68 Å². The molecule has 0 amide bonds. The first kappa shape index (κ1) is 12.8. The second kappa shape index (κ2) is 4.72. The summed E-state index contributed by atoms with van der Waals surface area (Å²) in [6, 6.07) is 7.85. The number of carboxylic acid groups (broad SMARTS) is 1. The topological polar surface area (TPSA) is 55.1 Å². The maximum absolute atomic E-state index is 12.9. The fourth-order valence-corrected chi connectivity index (χ4v) is 3.09. The molecule has 2 aromatic heterocycles. The minimum atomic E-state index is -0.932. The molecule has 0 saturated heterocycles. The van der Waals surface area contributed by atoms with Gasteiger partial charge in [-0.05, 0) is 30.7 Å². The number of nitrogens with zero attached hydrogens (tertiary/aromatic N) is 2. The molecule has 0 spiro atoms. The molecule has 0 aliphatic rings. The molecule has 6 heteroatoms. The first-order valence-corrected chi connectivity index (χ1v) is 6.81. The zero-order valence-electron chi connectivity index (χ0n) is 10.6. The van der Waals surface area contributed by atoms with E-state index in [1.807, 2.05) is 6.92 Å². The molecule has 0 atom stereocenters. The van der Waals surface area contributed by atoms with E-state index >= 15 is 0 Å². The number of thiophene rings is 1. The second-order valence-corrected chi connectivity index (χ2v) is 5.53. The Morgan fingerprint density at radius 3 is 2.75 bits per heavy atom. The van der Waals surface area contributed by atoms with Crippen LogP contribution in [0.1, 0.15) is 20.9 Å². The van der Waals surface area contributed by atoms with Crippen LogP contribution in [0.4, 0.5) is 4.39 Å². The van der Waals surface area contributed by atoms with Gasteiger partial charge in [-0.2, -0.15) is 5.10 Å². The predicted molar refractivity (Wildman–Crippen MR) is 74.8 cm³/mol. The van der Waals surface area contributed by atoms with Gasteiger partial charge in [0.05, 0.1) is 12.2 Å². The van der Waals surface area contributed by atoms with E-state index in [-0.39, 0.29) is 5.82 Å². The Bertz CT molecular complexity index is 789. The fourth-order valence-electron chi connectivity index (χ4n) is 2.09. The van der Waals surface area contributed by atoms with E-state index in [0.717, 1.165) is 21.5 Å². The van der Waals surface area contributed by atoms with Gasteiger partial charge in [0.2, 0.25) is 0 Å². The van der Waals surface area contributed by atoms with Crippen molar-refractivity contribution in [1.29, 1.82) is 0 Å². The highest BCUT2D eigenvalue weighted by atomic mass is 32.1. The summed E-state index contributed by atoms with van der Waals surface area (Å²) in [5, 5.41) is 14.3. The molecule has 20 heavy (non-hydrogen) atoms. The van der Waals surface area contributed by atoms with E-state index in [9.17, 15) is 9.18 Å². The number of hydrogen-bond acceptors (Lipinski definition) is 3. The second-order valence-electron chi connectivity index (χ2n) is 4.50. The van der Waals surface area contributed by atoms with Crippen LogP contribution in [0.2, 0.25) is 0 Å². The fraction of sp³-hybridized carbons (Fsp3) is 0.143. The molecule has 0 radical (unpaired) electrons. The number of hydrogen-bond donors (Lipinski definition) is 1. The first-order valence-electron chi connectivity index (χ1n) is 5.99. The van der Waals surface area contributed by atoms with E-state index in [1.165, 1.54) is 23.5 Å². The summed E-state index contributed by atoms with van der Waals surface area (Å²) < 4.78 is 14.6. The van der Waals surface area contributed by atoms with Crippen LogP contribution in [-0.4, -0.2) is 20.9 Å². The highest BCUT2D eigenvalue weighted by molar-refractivity contribution is 7.20. The zero-order chi connectivity index (χ0) is 14.3. The molecule has 0 saturated carbocycles. The van der Waals surface area contributed by atoms with E-state index in [1.54, 1.807) is 22.9 Å². The third-order valence-electron chi connectivity index (χ3n) is 3.06. The summed E-state index contributed by atoms with van der Waals surface area (Å²) in [5.74, 6) is -1.21. The number of rotatable bonds is 3. The molecule has 0 aliphatic carbocycles. The number of halogens is 1. The van der Waals surface area contributed by atoms with Gasteiger partial charge in [0.15, 0.2) is 0 Å². The average Bonchev–Trinajstić information content (AvgIpc) is 2.95. The van der Waals surface area contributed by atoms with Crippen molar-refractivity contribution in [1.82, 2.24) is 9.78 Å². The maximum Gasteiger partial charge on any atom is 0.345 e. The summed E-state index contributed by atoms with van der Waals surface area (Å²) in [7, 11) is 0. The van der Waals surface area contributed by atoms with E-state index in [2.05, 4.69) is 5.10 Å². The third-order valence-corrected chi connectivity index (χ3v) is 4.20. The van der Waals surface area contributed by atoms with Gasteiger partial charge in [-0.15, -0.1) is 11.3 Å². The number of carbonyl (C=O) groups is 1. The molecule has 0 unspecified atom stereocenters. The highest BCUT2D eigenvalue weighted by Crippen LogP contribution is 2.28. The monoisotopic (exact) mass is 290 g/mol. The Balaban J connectivity index is 2.02. The maximum atomic E-state index is 12.9. The molecule has 0 bridgehead atoms. The summed E-state index contributed by atoms with van der Waals surface area (Å²) in [5.41, 5.74) is 1.71. The van der Waals surface area contributed by atoms with Crippen LogP contribution in [0.5, 0.6) is 0 Å². The standard InChI is InChI=1S/C14H11FN2O2S/c1-8-11-6-12(14(18)19)20-13(11)17(16-8)7-9-2-4-10(15)5-3-9/h2-6H,7H2,1H3,(H,18,19). The third kappa shape index (κ3) is 2.18. The minimum absolute atomic E-state index is 0.278. The number of aromatic carboxylic acids is 1. The molecule has 0 fully saturated rings. The van der Waals surface area contributed by atoms with Crippen LogP contribution >= 0.6 is 11.3 Å². The van der Waals surface area contributed by atoms with Gasteiger partial charge >= 0.3 is 5.97 Å². The van der Waals surface area contributed by atoms with Gasteiger partial charge < -0.3 is 5.11 Å². The van der Waals surface area contributed by atoms with Gasteiger partial charge in [0, 0.05) is 5.39 Å². The Labute approximate surface area is 118 Å². The predicted octanol–water partition coefficient (Wildman–Crippen LogP) is 3.29. The average molecular weight is 290 g/mol. The van der Waals surface area contributed by atoms with Crippen molar-refractivity contribution in [3.05, 3.63) is 52.3 Å². The van der Waals surface area contributed by atoms with Crippen LogP contribution in [0.3, 0.4) is 0 Å². The summed E-state index contributed by atoms with van der Waals surface area (Å²) in [6.45, 7) is 2.34.